The fourth-order valence-corrected chi connectivity index (χ4v) is 2.74. The van der Waals surface area contributed by atoms with Crippen LogP contribution in [0.25, 0.3) is 10.2 Å². The smallest absolute Gasteiger partial charge is 0.306 e. The Morgan fingerprint density at radius 1 is 1.14 bits per heavy atom. The van der Waals surface area contributed by atoms with Crippen LogP contribution in [0.3, 0.4) is 0 Å². The van der Waals surface area contributed by atoms with Crippen molar-refractivity contribution in [3.8, 4) is 0 Å². The number of hydrogen-bond donors (Lipinski definition) is 0. The van der Waals surface area contributed by atoms with Gasteiger partial charge in [-0.15, -0.1) is 11.3 Å². The molecule has 0 N–H and O–H groups in total. The van der Waals surface area contributed by atoms with Gasteiger partial charge in [0.05, 0.1) is 28.8 Å². The standard InChI is InChI=1S/C16H17NO4S/c1-2-21-16(20)8-5-12(18)4-7-14(19)11-3-6-13-15(9-11)22-10-17-13/h3,6,9-10H,2,4-5,7-8H2,1H3. The summed E-state index contributed by atoms with van der Waals surface area (Å²) in [4.78, 5) is 39.1. The number of hydrogen-bond acceptors (Lipinski definition) is 6. The Labute approximate surface area is 132 Å². The fraction of sp³-hybridized carbons (Fsp3) is 0.375. The Hall–Kier alpha value is -2.08. The van der Waals surface area contributed by atoms with E-state index in [-0.39, 0.29) is 43.2 Å². The maximum atomic E-state index is 12.1. The highest BCUT2D eigenvalue weighted by molar-refractivity contribution is 7.16. The van der Waals surface area contributed by atoms with E-state index in [1.54, 1.807) is 24.6 Å². The summed E-state index contributed by atoms with van der Waals surface area (Å²) in [5.74, 6) is -0.544. The quantitative estimate of drug-likeness (QED) is 0.552. The van der Waals surface area contributed by atoms with Gasteiger partial charge in [-0.1, -0.05) is 0 Å². The van der Waals surface area contributed by atoms with Gasteiger partial charge < -0.3 is 4.74 Å². The lowest BCUT2D eigenvalue weighted by Gasteiger charge is -2.02. The third-order valence-electron chi connectivity index (χ3n) is 3.20. The molecular weight excluding hydrogens is 302 g/mol. The molecule has 0 aliphatic heterocycles. The number of benzene rings is 1. The number of ketones is 2. The van der Waals surface area contributed by atoms with Gasteiger partial charge in [0.1, 0.15) is 5.78 Å². The van der Waals surface area contributed by atoms with E-state index in [4.69, 9.17) is 4.74 Å². The van der Waals surface area contributed by atoms with E-state index < -0.39 is 0 Å². The number of ether oxygens (including phenoxy) is 1. The second-order valence-corrected chi connectivity index (χ2v) is 5.69. The van der Waals surface area contributed by atoms with Crippen molar-refractivity contribution < 1.29 is 19.1 Å². The van der Waals surface area contributed by atoms with E-state index in [0.29, 0.717) is 12.2 Å². The van der Waals surface area contributed by atoms with Crippen molar-refractivity contribution in [1.29, 1.82) is 0 Å². The van der Waals surface area contributed by atoms with E-state index >= 15 is 0 Å². The Morgan fingerprint density at radius 3 is 2.68 bits per heavy atom. The van der Waals surface area contributed by atoms with Crippen molar-refractivity contribution in [3.05, 3.63) is 29.3 Å². The number of carbonyl (C=O) groups excluding carboxylic acids is 3. The summed E-state index contributed by atoms with van der Waals surface area (Å²) in [7, 11) is 0. The van der Waals surface area contributed by atoms with Crippen LogP contribution in [0.4, 0.5) is 0 Å². The zero-order chi connectivity index (χ0) is 15.9. The summed E-state index contributed by atoms with van der Waals surface area (Å²) in [5, 5.41) is 0. The van der Waals surface area contributed by atoms with E-state index in [9.17, 15) is 14.4 Å². The van der Waals surface area contributed by atoms with Gasteiger partial charge in [-0.3, -0.25) is 14.4 Å². The maximum Gasteiger partial charge on any atom is 0.306 e. The number of thiazole rings is 1. The van der Waals surface area contributed by atoms with Crippen molar-refractivity contribution in [3.63, 3.8) is 0 Å². The number of esters is 1. The first-order chi connectivity index (χ1) is 10.6. The van der Waals surface area contributed by atoms with E-state index in [0.717, 1.165) is 10.2 Å². The summed E-state index contributed by atoms with van der Waals surface area (Å²) in [6.07, 6.45) is 0.513. The molecule has 0 aliphatic rings. The predicted molar refractivity (Wildman–Crippen MR) is 84.1 cm³/mol. The summed E-state index contributed by atoms with van der Waals surface area (Å²) in [6.45, 7) is 2.03. The molecule has 2 rings (SSSR count). The summed E-state index contributed by atoms with van der Waals surface area (Å²) < 4.78 is 5.72. The normalized spacial score (nSPS) is 10.6. The molecule has 22 heavy (non-hydrogen) atoms. The molecule has 0 saturated carbocycles. The molecule has 0 amide bonds. The Balaban J connectivity index is 1.81. The highest BCUT2D eigenvalue weighted by Crippen LogP contribution is 2.20. The van der Waals surface area contributed by atoms with E-state index in [2.05, 4.69) is 4.98 Å². The van der Waals surface area contributed by atoms with Gasteiger partial charge in [0, 0.05) is 24.8 Å². The van der Waals surface area contributed by atoms with Gasteiger partial charge >= 0.3 is 5.97 Å². The molecule has 116 valence electrons. The van der Waals surface area contributed by atoms with Gasteiger partial charge in [0.15, 0.2) is 5.78 Å². The highest BCUT2D eigenvalue weighted by Gasteiger charge is 2.12. The molecule has 0 unspecified atom stereocenters. The lowest BCUT2D eigenvalue weighted by molar-refractivity contribution is -0.144. The monoisotopic (exact) mass is 319 g/mol. The number of nitrogens with zero attached hydrogens (tertiary/aromatic N) is 1. The number of aromatic nitrogens is 1. The molecule has 0 radical (unpaired) electrons. The van der Waals surface area contributed by atoms with Gasteiger partial charge in [-0.2, -0.15) is 0 Å². The molecule has 2 aromatic rings. The molecule has 5 nitrogen and oxygen atoms in total. The molecular formula is C16H17NO4S. The van der Waals surface area contributed by atoms with Crippen LogP contribution in [0, 0.1) is 0 Å². The van der Waals surface area contributed by atoms with E-state index in [1.807, 2.05) is 6.07 Å². The summed E-state index contributed by atoms with van der Waals surface area (Å²) in [6, 6.07) is 5.34. The Bertz CT molecular complexity index is 692. The van der Waals surface area contributed by atoms with Crippen molar-refractivity contribution in [2.24, 2.45) is 0 Å². The molecule has 0 saturated heterocycles. The third kappa shape index (κ3) is 4.46. The molecule has 0 fully saturated rings. The molecule has 1 heterocycles. The lowest BCUT2D eigenvalue weighted by Crippen LogP contribution is -2.09. The Kier molecular flexibility index (Phi) is 5.77. The average molecular weight is 319 g/mol. The number of carbonyl (C=O) groups is 3. The van der Waals surface area contributed by atoms with Crippen molar-refractivity contribution in [1.82, 2.24) is 4.98 Å². The number of fused-ring (bicyclic) bond motifs is 1. The van der Waals surface area contributed by atoms with Crippen molar-refractivity contribution in [2.45, 2.75) is 32.6 Å². The molecule has 0 bridgehead atoms. The van der Waals surface area contributed by atoms with Crippen LogP contribution in [0.15, 0.2) is 23.7 Å². The van der Waals surface area contributed by atoms with Crippen LogP contribution < -0.4 is 0 Å². The topological polar surface area (TPSA) is 73.3 Å². The van der Waals surface area contributed by atoms with Crippen LogP contribution in [0.5, 0.6) is 0 Å². The largest absolute Gasteiger partial charge is 0.466 e. The van der Waals surface area contributed by atoms with Crippen LogP contribution in [0.2, 0.25) is 0 Å². The van der Waals surface area contributed by atoms with Gasteiger partial charge in [0.2, 0.25) is 0 Å². The first-order valence-electron chi connectivity index (χ1n) is 7.14. The summed E-state index contributed by atoms with van der Waals surface area (Å²) in [5.41, 5.74) is 3.19. The highest BCUT2D eigenvalue weighted by atomic mass is 32.1. The van der Waals surface area contributed by atoms with Gasteiger partial charge in [-0.05, 0) is 25.1 Å². The van der Waals surface area contributed by atoms with Crippen LogP contribution in [-0.4, -0.2) is 29.1 Å². The van der Waals surface area contributed by atoms with Crippen LogP contribution >= 0.6 is 11.3 Å². The number of Topliss-reactive ketones (excluding diaryl/α,β-unsaturated/α-hetero) is 2. The first-order valence-corrected chi connectivity index (χ1v) is 8.02. The zero-order valence-corrected chi connectivity index (χ0v) is 13.1. The molecule has 1 aromatic heterocycles. The van der Waals surface area contributed by atoms with Crippen LogP contribution in [-0.2, 0) is 14.3 Å². The van der Waals surface area contributed by atoms with Gasteiger partial charge in [-0.25, -0.2) is 4.98 Å². The molecule has 0 aliphatic carbocycles. The zero-order valence-electron chi connectivity index (χ0n) is 12.3. The SMILES string of the molecule is CCOC(=O)CCC(=O)CCC(=O)c1ccc2ncsc2c1. The van der Waals surface area contributed by atoms with Crippen LogP contribution in [0.1, 0.15) is 43.0 Å². The first kappa shape index (κ1) is 16.3. The van der Waals surface area contributed by atoms with Gasteiger partial charge in [0.25, 0.3) is 0 Å². The second-order valence-electron chi connectivity index (χ2n) is 4.80. The van der Waals surface area contributed by atoms with Crippen molar-refractivity contribution in [2.75, 3.05) is 6.61 Å². The minimum absolute atomic E-state index is 0.0696. The Morgan fingerprint density at radius 2 is 1.91 bits per heavy atom. The molecule has 0 atom stereocenters. The minimum atomic E-state index is -0.377. The fourth-order valence-electron chi connectivity index (χ4n) is 2.03. The molecule has 0 spiro atoms. The molecule has 1 aromatic carbocycles. The average Bonchev–Trinajstić information content (AvgIpc) is 2.98. The maximum absolute atomic E-state index is 12.1. The van der Waals surface area contributed by atoms with E-state index in [1.165, 1.54) is 11.3 Å². The third-order valence-corrected chi connectivity index (χ3v) is 3.99. The minimum Gasteiger partial charge on any atom is -0.466 e. The van der Waals surface area contributed by atoms with Crippen molar-refractivity contribution >= 4 is 39.1 Å². The number of rotatable bonds is 8. The lowest BCUT2D eigenvalue weighted by atomic mass is 10.0. The molecule has 6 heteroatoms. The second kappa shape index (κ2) is 7.79. The predicted octanol–water partition coefficient (Wildman–Crippen LogP) is 3.17. The summed E-state index contributed by atoms with van der Waals surface area (Å²) >= 11 is 1.48.